The number of esters is 1. The largest absolute Gasteiger partial charge is 0.456 e. The number of carbonyl (C=O) groups is 2. The molecule has 1 atom stereocenters. The number of carbonyl (C=O) groups excluding carboxylic acids is 2. The summed E-state index contributed by atoms with van der Waals surface area (Å²) >= 11 is 0. The minimum Gasteiger partial charge on any atom is -0.456 e. The Labute approximate surface area is 174 Å². The maximum Gasteiger partial charge on any atom is 0.331 e. The molecule has 0 spiro atoms. The molecule has 0 radical (unpaired) electrons. The molecule has 9 heteroatoms. The second kappa shape index (κ2) is 9.93. The monoisotopic (exact) mass is 411 g/mol. The van der Waals surface area contributed by atoms with Crippen LogP contribution < -0.4 is 0 Å². The number of Topliss-reactive ketones (excluding diaryl/α,β-unsaturated/α-hetero) is 1. The summed E-state index contributed by atoms with van der Waals surface area (Å²) in [6.07, 6.45) is 1.71. The van der Waals surface area contributed by atoms with Crippen LogP contribution in [0.3, 0.4) is 0 Å². The van der Waals surface area contributed by atoms with E-state index in [1.54, 1.807) is 7.11 Å². The molecule has 1 aromatic carbocycles. The van der Waals surface area contributed by atoms with Gasteiger partial charge in [0.05, 0.1) is 6.61 Å². The summed E-state index contributed by atoms with van der Waals surface area (Å²) in [4.78, 5) is 25.5. The molecule has 0 unspecified atom stereocenters. The summed E-state index contributed by atoms with van der Waals surface area (Å²) in [6.45, 7) is 4.66. The molecule has 0 saturated heterocycles. The Morgan fingerprint density at radius 1 is 1.17 bits per heavy atom. The first-order valence-electron chi connectivity index (χ1n) is 9.63. The number of aryl methyl sites for hydroxylation is 1. The molecule has 2 heterocycles. The fourth-order valence-corrected chi connectivity index (χ4v) is 3.35. The van der Waals surface area contributed by atoms with Crippen molar-refractivity contribution < 1.29 is 19.1 Å². The van der Waals surface area contributed by atoms with Gasteiger partial charge in [-0.2, -0.15) is 0 Å². The van der Waals surface area contributed by atoms with Gasteiger partial charge >= 0.3 is 5.97 Å². The van der Waals surface area contributed by atoms with Crippen molar-refractivity contribution in [3.63, 3.8) is 0 Å². The van der Waals surface area contributed by atoms with Crippen molar-refractivity contribution in [2.75, 3.05) is 20.3 Å². The van der Waals surface area contributed by atoms with Crippen LogP contribution in [-0.2, 0) is 27.2 Å². The summed E-state index contributed by atoms with van der Waals surface area (Å²) in [6, 6.07) is 10.5. The van der Waals surface area contributed by atoms with Crippen molar-refractivity contribution in [1.29, 1.82) is 0 Å². The number of methoxy groups -OCH3 is 1. The third-order valence-electron chi connectivity index (χ3n) is 4.97. The van der Waals surface area contributed by atoms with Crippen molar-refractivity contribution in [3.05, 3.63) is 65.2 Å². The summed E-state index contributed by atoms with van der Waals surface area (Å²) in [5.74, 6) is -0.817. The number of ketones is 1. The smallest absolute Gasteiger partial charge is 0.331 e. The molecule has 3 aromatic rings. The van der Waals surface area contributed by atoms with Gasteiger partial charge < -0.3 is 14.0 Å². The van der Waals surface area contributed by atoms with E-state index in [9.17, 15) is 9.59 Å². The van der Waals surface area contributed by atoms with Gasteiger partial charge in [-0.25, -0.2) is 9.48 Å². The summed E-state index contributed by atoms with van der Waals surface area (Å²) < 4.78 is 13.8. The maximum atomic E-state index is 12.8. The molecule has 30 heavy (non-hydrogen) atoms. The highest BCUT2D eigenvalue weighted by atomic mass is 16.5. The van der Waals surface area contributed by atoms with Crippen LogP contribution >= 0.6 is 0 Å². The van der Waals surface area contributed by atoms with E-state index in [2.05, 4.69) is 15.5 Å². The Hall–Kier alpha value is -3.33. The molecule has 0 amide bonds. The first-order valence-corrected chi connectivity index (χ1v) is 9.63. The number of nitrogens with zero attached hydrogens (tertiary/aromatic N) is 5. The second-order valence-electron chi connectivity index (χ2n) is 6.96. The third-order valence-corrected chi connectivity index (χ3v) is 4.97. The average molecular weight is 411 g/mol. The SMILES string of the molecule is COCCn1c(C)cc(C(=O)COC(=O)[C@H](Cc2ccccc2)n2cnnn2)c1C. The predicted octanol–water partition coefficient (Wildman–Crippen LogP) is 1.95. The molecule has 158 valence electrons. The highest BCUT2D eigenvalue weighted by molar-refractivity contribution is 5.99. The van der Waals surface area contributed by atoms with Crippen molar-refractivity contribution in [2.24, 2.45) is 0 Å². The quantitative estimate of drug-likeness (QED) is 0.371. The first kappa shape index (κ1) is 21.4. The van der Waals surface area contributed by atoms with Gasteiger partial charge in [0, 0.05) is 37.0 Å². The molecule has 0 bridgehead atoms. The van der Waals surface area contributed by atoms with Crippen LogP contribution in [0.5, 0.6) is 0 Å². The van der Waals surface area contributed by atoms with Crippen molar-refractivity contribution in [2.45, 2.75) is 32.9 Å². The second-order valence-corrected chi connectivity index (χ2v) is 6.96. The van der Waals surface area contributed by atoms with Gasteiger partial charge in [0.1, 0.15) is 6.33 Å². The Morgan fingerprint density at radius 3 is 2.60 bits per heavy atom. The zero-order valence-corrected chi connectivity index (χ0v) is 17.3. The topological polar surface area (TPSA) is 101 Å². The lowest BCUT2D eigenvalue weighted by atomic mass is 10.1. The van der Waals surface area contributed by atoms with Crippen LogP contribution in [0.15, 0.2) is 42.7 Å². The molecule has 0 N–H and O–H groups in total. The average Bonchev–Trinajstić information content (AvgIpc) is 3.38. The van der Waals surface area contributed by atoms with Gasteiger partial charge in [-0.1, -0.05) is 30.3 Å². The Morgan fingerprint density at radius 2 is 1.93 bits per heavy atom. The van der Waals surface area contributed by atoms with Gasteiger partial charge in [-0.15, -0.1) is 5.10 Å². The van der Waals surface area contributed by atoms with E-state index < -0.39 is 12.0 Å². The number of hydrogen-bond donors (Lipinski definition) is 0. The van der Waals surface area contributed by atoms with E-state index >= 15 is 0 Å². The molecule has 3 rings (SSSR count). The van der Waals surface area contributed by atoms with E-state index in [0.717, 1.165) is 17.0 Å². The van der Waals surface area contributed by atoms with E-state index in [1.165, 1.54) is 11.0 Å². The summed E-state index contributed by atoms with van der Waals surface area (Å²) in [5, 5.41) is 11.0. The number of ether oxygens (including phenoxy) is 2. The van der Waals surface area contributed by atoms with Gasteiger partial charge in [-0.05, 0) is 35.9 Å². The normalized spacial score (nSPS) is 12.0. The van der Waals surface area contributed by atoms with Gasteiger partial charge in [-0.3, -0.25) is 4.79 Å². The number of rotatable bonds is 10. The molecule has 0 fully saturated rings. The Balaban J connectivity index is 1.69. The molecule has 0 aliphatic carbocycles. The Bertz CT molecular complexity index is 983. The standard InChI is InChI=1S/C21H25N5O4/c1-15-11-18(16(2)25(15)9-10-29-3)20(27)13-30-21(28)19(26-14-22-23-24-26)12-17-7-5-4-6-8-17/h4-8,11,14,19H,9-10,12-13H2,1-3H3/t19-/m0/s1. The maximum absolute atomic E-state index is 12.8. The van der Waals surface area contributed by atoms with Crippen LogP contribution in [0.4, 0.5) is 0 Å². The van der Waals surface area contributed by atoms with Crippen molar-refractivity contribution in [3.8, 4) is 0 Å². The highest BCUT2D eigenvalue weighted by Crippen LogP contribution is 2.18. The summed E-state index contributed by atoms with van der Waals surface area (Å²) in [5.41, 5.74) is 3.25. The number of aromatic nitrogens is 5. The molecule has 9 nitrogen and oxygen atoms in total. The summed E-state index contributed by atoms with van der Waals surface area (Å²) in [7, 11) is 1.64. The van der Waals surface area contributed by atoms with Crippen LogP contribution in [0.25, 0.3) is 0 Å². The minimum atomic E-state index is -0.760. The van der Waals surface area contributed by atoms with Gasteiger partial charge in [0.25, 0.3) is 0 Å². The van der Waals surface area contributed by atoms with Crippen LogP contribution in [-0.4, -0.2) is 56.9 Å². The fourth-order valence-electron chi connectivity index (χ4n) is 3.35. The number of tetrazole rings is 1. The van der Waals surface area contributed by atoms with E-state index in [1.807, 2.05) is 54.8 Å². The van der Waals surface area contributed by atoms with Gasteiger partial charge in [0.15, 0.2) is 12.6 Å². The molecular formula is C21H25N5O4. The van der Waals surface area contributed by atoms with Crippen LogP contribution in [0.1, 0.15) is 33.4 Å². The van der Waals surface area contributed by atoms with Gasteiger partial charge in [0.2, 0.25) is 5.78 Å². The molecule has 0 saturated carbocycles. The highest BCUT2D eigenvalue weighted by Gasteiger charge is 2.25. The van der Waals surface area contributed by atoms with Crippen LogP contribution in [0.2, 0.25) is 0 Å². The molecule has 0 aliphatic rings. The van der Waals surface area contributed by atoms with E-state index in [4.69, 9.17) is 9.47 Å². The minimum absolute atomic E-state index is 0.254. The van der Waals surface area contributed by atoms with E-state index in [-0.39, 0.29) is 12.4 Å². The molecule has 2 aromatic heterocycles. The first-order chi connectivity index (χ1) is 14.5. The fraction of sp³-hybridized carbons (Fsp3) is 0.381. The Kier molecular flexibility index (Phi) is 7.08. The zero-order chi connectivity index (χ0) is 21.5. The van der Waals surface area contributed by atoms with E-state index in [0.29, 0.717) is 25.1 Å². The number of benzene rings is 1. The molecule has 0 aliphatic heterocycles. The lowest BCUT2D eigenvalue weighted by molar-refractivity contribution is -0.146. The lowest BCUT2D eigenvalue weighted by Gasteiger charge is -2.15. The number of hydrogen-bond acceptors (Lipinski definition) is 7. The van der Waals surface area contributed by atoms with Crippen molar-refractivity contribution in [1.82, 2.24) is 24.8 Å². The lowest BCUT2D eigenvalue weighted by Crippen LogP contribution is -2.27. The third kappa shape index (κ3) is 4.98. The van der Waals surface area contributed by atoms with Crippen molar-refractivity contribution >= 4 is 11.8 Å². The predicted molar refractivity (Wildman–Crippen MR) is 108 cm³/mol. The zero-order valence-electron chi connectivity index (χ0n) is 17.3. The molecular weight excluding hydrogens is 386 g/mol. The van der Waals surface area contributed by atoms with Crippen LogP contribution in [0, 0.1) is 13.8 Å².